The average Bonchev–Trinajstić information content (AvgIpc) is 2.69. The molecule has 0 saturated heterocycles. The number of aromatic nitrogens is 2. The number of rotatable bonds is 6. The summed E-state index contributed by atoms with van der Waals surface area (Å²) >= 11 is 0. The number of amides is 1. The molecule has 1 N–H and O–H groups in total. The molecule has 7 heteroatoms. The molecular formula is C20H18FN3O3. The Balaban J connectivity index is 1.62. The quantitative estimate of drug-likeness (QED) is 0.727. The number of halogens is 1. The van der Waals surface area contributed by atoms with Gasteiger partial charge in [0.25, 0.3) is 11.5 Å². The molecule has 0 unspecified atom stereocenters. The highest BCUT2D eigenvalue weighted by Gasteiger charge is 2.07. The van der Waals surface area contributed by atoms with E-state index in [1.54, 1.807) is 36.4 Å². The molecular weight excluding hydrogens is 349 g/mol. The summed E-state index contributed by atoms with van der Waals surface area (Å²) in [7, 11) is 1.53. The Labute approximate surface area is 155 Å². The predicted molar refractivity (Wildman–Crippen MR) is 99.2 cm³/mol. The molecule has 1 aromatic heterocycles. The van der Waals surface area contributed by atoms with Gasteiger partial charge in [-0.15, -0.1) is 0 Å². The molecule has 0 aliphatic rings. The minimum absolute atomic E-state index is 0.250. The first kappa shape index (κ1) is 18.3. The van der Waals surface area contributed by atoms with Crippen molar-refractivity contribution in [3.05, 3.63) is 82.7 Å². The lowest BCUT2D eigenvalue weighted by atomic mass is 10.1. The van der Waals surface area contributed by atoms with Crippen molar-refractivity contribution in [3.8, 4) is 17.0 Å². The van der Waals surface area contributed by atoms with Crippen LogP contribution in [0.3, 0.4) is 0 Å². The Morgan fingerprint density at radius 2 is 1.96 bits per heavy atom. The highest BCUT2D eigenvalue weighted by molar-refractivity contribution is 5.94. The topological polar surface area (TPSA) is 73.2 Å². The molecule has 3 aromatic rings. The number of ether oxygens (including phenoxy) is 1. The largest absolute Gasteiger partial charge is 0.497 e. The average molecular weight is 367 g/mol. The van der Waals surface area contributed by atoms with Gasteiger partial charge in [-0.05, 0) is 42.5 Å². The van der Waals surface area contributed by atoms with Gasteiger partial charge >= 0.3 is 0 Å². The highest BCUT2D eigenvalue weighted by atomic mass is 19.1. The van der Waals surface area contributed by atoms with Crippen molar-refractivity contribution in [2.75, 3.05) is 13.7 Å². The van der Waals surface area contributed by atoms with E-state index in [0.717, 1.165) is 0 Å². The fraction of sp³-hybridized carbons (Fsp3) is 0.150. The van der Waals surface area contributed by atoms with Crippen LogP contribution in [0, 0.1) is 5.82 Å². The van der Waals surface area contributed by atoms with E-state index in [4.69, 9.17) is 4.74 Å². The van der Waals surface area contributed by atoms with Crippen LogP contribution in [0.25, 0.3) is 11.3 Å². The van der Waals surface area contributed by atoms with Crippen LogP contribution in [-0.2, 0) is 6.54 Å². The maximum absolute atomic E-state index is 13.0. The number of benzene rings is 2. The van der Waals surface area contributed by atoms with Gasteiger partial charge in [-0.25, -0.2) is 9.37 Å². The van der Waals surface area contributed by atoms with Gasteiger partial charge in [0.15, 0.2) is 0 Å². The SMILES string of the molecule is COc1cccc(C(=O)NCCn2cnc(-c3ccc(F)cc3)cc2=O)c1. The second kappa shape index (κ2) is 8.27. The lowest BCUT2D eigenvalue weighted by Gasteiger charge is -2.09. The fourth-order valence-electron chi connectivity index (χ4n) is 2.53. The van der Waals surface area contributed by atoms with Crippen molar-refractivity contribution < 1.29 is 13.9 Å². The van der Waals surface area contributed by atoms with Gasteiger partial charge < -0.3 is 10.1 Å². The van der Waals surface area contributed by atoms with E-state index in [1.807, 2.05) is 0 Å². The van der Waals surface area contributed by atoms with Crippen molar-refractivity contribution in [1.82, 2.24) is 14.9 Å². The number of hydrogen-bond donors (Lipinski definition) is 1. The van der Waals surface area contributed by atoms with Crippen LogP contribution in [0.1, 0.15) is 10.4 Å². The maximum Gasteiger partial charge on any atom is 0.253 e. The lowest BCUT2D eigenvalue weighted by Crippen LogP contribution is -2.30. The van der Waals surface area contributed by atoms with E-state index in [2.05, 4.69) is 10.3 Å². The van der Waals surface area contributed by atoms with E-state index in [1.165, 1.54) is 36.2 Å². The first-order valence-electron chi connectivity index (χ1n) is 8.31. The lowest BCUT2D eigenvalue weighted by molar-refractivity contribution is 0.0952. The highest BCUT2D eigenvalue weighted by Crippen LogP contribution is 2.15. The summed E-state index contributed by atoms with van der Waals surface area (Å²) < 4.78 is 19.5. The molecule has 0 aliphatic heterocycles. The Morgan fingerprint density at radius 1 is 1.19 bits per heavy atom. The van der Waals surface area contributed by atoms with Gasteiger partial charge in [-0.1, -0.05) is 6.07 Å². The summed E-state index contributed by atoms with van der Waals surface area (Å²) in [5.41, 5.74) is 1.36. The summed E-state index contributed by atoms with van der Waals surface area (Å²) in [4.78, 5) is 28.6. The van der Waals surface area contributed by atoms with Crippen molar-refractivity contribution in [1.29, 1.82) is 0 Å². The van der Waals surface area contributed by atoms with Crippen molar-refractivity contribution >= 4 is 5.91 Å². The molecule has 0 atom stereocenters. The van der Waals surface area contributed by atoms with Gasteiger partial charge in [0, 0.05) is 30.3 Å². The number of nitrogens with one attached hydrogen (secondary N) is 1. The fourth-order valence-corrected chi connectivity index (χ4v) is 2.53. The van der Waals surface area contributed by atoms with E-state index >= 15 is 0 Å². The summed E-state index contributed by atoms with van der Waals surface area (Å²) in [6, 6.07) is 14.0. The minimum atomic E-state index is -0.348. The minimum Gasteiger partial charge on any atom is -0.497 e. The summed E-state index contributed by atoms with van der Waals surface area (Å²) in [6.45, 7) is 0.554. The van der Waals surface area contributed by atoms with Crippen molar-refractivity contribution in [3.63, 3.8) is 0 Å². The number of carbonyl (C=O) groups excluding carboxylic acids is 1. The molecule has 0 bridgehead atoms. The first-order chi connectivity index (χ1) is 13.1. The van der Waals surface area contributed by atoms with Gasteiger partial charge in [0.1, 0.15) is 11.6 Å². The Morgan fingerprint density at radius 3 is 2.67 bits per heavy atom. The zero-order valence-electron chi connectivity index (χ0n) is 14.7. The molecule has 1 amide bonds. The van der Waals surface area contributed by atoms with Gasteiger partial charge in [-0.3, -0.25) is 14.2 Å². The third-order valence-electron chi connectivity index (χ3n) is 3.99. The molecule has 0 aliphatic carbocycles. The molecule has 3 rings (SSSR count). The van der Waals surface area contributed by atoms with E-state index in [9.17, 15) is 14.0 Å². The number of nitrogens with zero attached hydrogens (tertiary/aromatic N) is 2. The molecule has 2 aromatic carbocycles. The third-order valence-corrected chi connectivity index (χ3v) is 3.99. The monoisotopic (exact) mass is 367 g/mol. The molecule has 0 radical (unpaired) electrons. The zero-order valence-corrected chi connectivity index (χ0v) is 14.7. The van der Waals surface area contributed by atoms with Crippen LogP contribution >= 0.6 is 0 Å². The smallest absolute Gasteiger partial charge is 0.253 e. The van der Waals surface area contributed by atoms with Crippen LogP contribution in [0.15, 0.2) is 65.7 Å². The van der Waals surface area contributed by atoms with E-state index in [0.29, 0.717) is 22.6 Å². The van der Waals surface area contributed by atoms with Crippen molar-refractivity contribution in [2.45, 2.75) is 6.54 Å². The summed E-state index contributed by atoms with van der Waals surface area (Å²) in [5.74, 6) is -0.00355. The number of hydrogen-bond acceptors (Lipinski definition) is 4. The Kier molecular flexibility index (Phi) is 5.61. The number of methoxy groups -OCH3 is 1. The second-order valence-electron chi connectivity index (χ2n) is 5.80. The molecule has 1 heterocycles. The van der Waals surface area contributed by atoms with E-state index < -0.39 is 0 Å². The number of carbonyl (C=O) groups is 1. The van der Waals surface area contributed by atoms with Crippen LogP contribution in [0.4, 0.5) is 4.39 Å². The third kappa shape index (κ3) is 4.58. The summed E-state index contributed by atoms with van der Waals surface area (Å²) in [5, 5.41) is 2.75. The predicted octanol–water partition coefficient (Wildman–Crippen LogP) is 2.49. The maximum atomic E-state index is 13.0. The van der Waals surface area contributed by atoms with Crippen LogP contribution in [0.2, 0.25) is 0 Å². The Bertz CT molecular complexity index is 1000. The van der Waals surface area contributed by atoms with E-state index in [-0.39, 0.29) is 30.4 Å². The summed E-state index contributed by atoms with van der Waals surface area (Å²) in [6.07, 6.45) is 1.42. The van der Waals surface area contributed by atoms with Crippen LogP contribution in [-0.4, -0.2) is 29.1 Å². The Hall–Kier alpha value is -3.48. The van der Waals surface area contributed by atoms with Crippen LogP contribution < -0.4 is 15.6 Å². The van der Waals surface area contributed by atoms with Crippen molar-refractivity contribution in [2.24, 2.45) is 0 Å². The second-order valence-corrected chi connectivity index (χ2v) is 5.80. The van der Waals surface area contributed by atoms with Gasteiger partial charge in [0.05, 0.1) is 19.1 Å². The standard InChI is InChI=1S/C20H18FN3O3/c1-27-17-4-2-3-15(11-17)20(26)22-9-10-24-13-23-18(12-19(24)25)14-5-7-16(21)8-6-14/h2-8,11-13H,9-10H2,1H3,(H,22,26). The van der Waals surface area contributed by atoms with Crippen LogP contribution in [0.5, 0.6) is 5.75 Å². The van der Waals surface area contributed by atoms with Gasteiger partial charge in [0.2, 0.25) is 0 Å². The molecule has 27 heavy (non-hydrogen) atoms. The molecule has 6 nitrogen and oxygen atoms in total. The molecule has 0 fully saturated rings. The zero-order chi connectivity index (χ0) is 19.2. The normalized spacial score (nSPS) is 10.4. The molecule has 138 valence electrons. The van der Waals surface area contributed by atoms with Gasteiger partial charge in [-0.2, -0.15) is 0 Å². The first-order valence-corrected chi connectivity index (χ1v) is 8.31. The molecule has 0 spiro atoms. The molecule has 0 saturated carbocycles.